The molecule has 0 saturated heterocycles. The van der Waals surface area contributed by atoms with Crippen LogP contribution >= 0.6 is 0 Å². The monoisotopic (exact) mass is 196 g/mol. The smallest absolute Gasteiger partial charge is 0.237 e. The van der Waals surface area contributed by atoms with Crippen LogP contribution in [0.2, 0.25) is 0 Å². The van der Waals surface area contributed by atoms with Crippen LogP contribution in [-0.4, -0.2) is 11.9 Å². The number of carbonyl (C=O) groups is 1. The molecule has 1 unspecified atom stereocenters. The lowest BCUT2D eigenvalue weighted by molar-refractivity contribution is -0.123. The Hall–Kier alpha value is -1.29. The Morgan fingerprint density at radius 1 is 1.64 bits per heavy atom. The zero-order valence-electron chi connectivity index (χ0n) is 8.70. The maximum Gasteiger partial charge on any atom is 0.237 e. The van der Waals surface area contributed by atoms with Crippen LogP contribution in [0.1, 0.15) is 26.5 Å². The summed E-state index contributed by atoms with van der Waals surface area (Å²) in [7, 11) is 0. The van der Waals surface area contributed by atoms with Gasteiger partial charge < -0.3 is 15.5 Å². The van der Waals surface area contributed by atoms with E-state index in [9.17, 15) is 4.79 Å². The average molecular weight is 196 g/mol. The van der Waals surface area contributed by atoms with Gasteiger partial charge in [0.2, 0.25) is 5.91 Å². The maximum atomic E-state index is 11.4. The van der Waals surface area contributed by atoms with Crippen LogP contribution in [0, 0.1) is 0 Å². The molecule has 0 spiro atoms. The summed E-state index contributed by atoms with van der Waals surface area (Å²) in [5, 5.41) is 2.80. The van der Waals surface area contributed by atoms with Gasteiger partial charge in [0, 0.05) is 0 Å². The third kappa shape index (κ3) is 2.35. The van der Waals surface area contributed by atoms with E-state index in [0.29, 0.717) is 5.76 Å². The number of rotatable bonds is 3. The first kappa shape index (κ1) is 10.8. The topological polar surface area (TPSA) is 68.3 Å². The van der Waals surface area contributed by atoms with E-state index in [0.717, 1.165) is 0 Å². The van der Waals surface area contributed by atoms with Crippen molar-refractivity contribution in [2.24, 2.45) is 5.73 Å². The quantitative estimate of drug-likeness (QED) is 0.757. The van der Waals surface area contributed by atoms with E-state index in [4.69, 9.17) is 10.2 Å². The van der Waals surface area contributed by atoms with Gasteiger partial charge in [-0.2, -0.15) is 0 Å². The van der Waals surface area contributed by atoms with E-state index in [1.165, 1.54) is 0 Å². The summed E-state index contributed by atoms with van der Waals surface area (Å²) < 4.78 is 5.22. The van der Waals surface area contributed by atoms with Gasteiger partial charge in [-0.1, -0.05) is 0 Å². The number of hydrogen-bond acceptors (Lipinski definition) is 3. The van der Waals surface area contributed by atoms with E-state index in [1.807, 2.05) is 19.9 Å². The zero-order valence-corrected chi connectivity index (χ0v) is 8.70. The van der Waals surface area contributed by atoms with E-state index >= 15 is 0 Å². The van der Waals surface area contributed by atoms with E-state index < -0.39 is 11.6 Å². The summed E-state index contributed by atoms with van der Waals surface area (Å²) >= 11 is 0. The molecule has 14 heavy (non-hydrogen) atoms. The van der Waals surface area contributed by atoms with Crippen molar-refractivity contribution in [2.45, 2.75) is 32.4 Å². The Labute approximate surface area is 83.5 Å². The summed E-state index contributed by atoms with van der Waals surface area (Å²) in [6.45, 7) is 5.38. The summed E-state index contributed by atoms with van der Waals surface area (Å²) in [4.78, 5) is 11.4. The Morgan fingerprint density at radius 3 is 2.71 bits per heavy atom. The third-order valence-electron chi connectivity index (χ3n) is 1.99. The number of furan rings is 1. The minimum absolute atomic E-state index is 0.189. The molecule has 1 aromatic heterocycles. The van der Waals surface area contributed by atoms with Crippen molar-refractivity contribution in [3.63, 3.8) is 0 Å². The Balaban J connectivity index is 2.72. The highest BCUT2D eigenvalue weighted by Gasteiger charge is 2.26. The summed E-state index contributed by atoms with van der Waals surface area (Å²) in [6, 6.07) is 3.10. The zero-order chi connectivity index (χ0) is 10.8. The van der Waals surface area contributed by atoms with Crippen LogP contribution in [-0.2, 0) is 10.3 Å². The first-order valence-electron chi connectivity index (χ1n) is 4.55. The van der Waals surface area contributed by atoms with Gasteiger partial charge >= 0.3 is 0 Å². The van der Waals surface area contributed by atoms with Gasteiger partial charge in [0.05, 0.1) is 17.8 Å². The molecule has 1 rings (SSSR count). The van der Waals surface area contributed by atoms with Crippen LogP contribution < -0.4 is 11.1 Å². The molecule has 0 aliphatic rings. The van der Waals surface area contributed by atoms with Crippen molar-refractivity contribution in [2.75, 3.05) is 0 Å². The molecular formula is C10H16N2O2. The van der Waals surface area contributed by atoms with Gasteiger partial charge in [-0.3, -0.25) is 4.79 Å². The lowest BCUT2D eigenvalue weighted by Gasteiger charge is -2.24. The Bertz CT molecular complexity index is 302. The van der Waals surface area contributed by atoms with Gasteiger partial charge in [-0.25, -0.2) is 0 Å². The highest BCUT2D eigenvalue weighted by Crippen LogP contribution is 2.19. The molecular weight excluding hydrogens is 180 g/mol. The number of hydrogen-bond donors (Lipinski definition) is 2. The minimum Gasteiger partial charge on any atom is -0.467 e. The normalized spacial score (nSPS) is 13.7. The molecule has 4 heteroatoms. The van der Waals surface area contributed by atoms with Crippen LogP contribution in [0.3, 0.4) is 0 Å². The molecule has 0 saturated carbocycles. The number of amides is 1. The Morgan fingerprint density at radius 2 is 2.29 bits per heavy atom. The molecule has 78 valence electrons. The van der Waals surface area contributed by atoms with Crippen molar-refractivity contribution in [3.05, 3.63) is 24.2 Å². The molecule has 1 aromatic rings. The first-order chi connectivity index (χ1) is 6.43. The van der Waals surface area contributed by atoms with Gasteiger partial charge in [0.25, 0.3) is 0 Å². The molecule has 0 aromatic carbocycles. The largest absolute Gasteiger partial charge is 0.467 e. The van der Waals surface area contributed by atoms with Crippen LogP contribution in [0.4, 0.5) is 0 Å². The second-order valence-corrected chi connectivity index (χ2v) is 3.88. The van der Waals surface area contributed by atoms with E-state index in [-0.39, 0.29) is 5.91 Å². The summed E-state index contributed by atoms with van der Waals surface area (Å²) in [5.74, 6) is 0.526. The van der Waals surface area contributed by atoms with E-state index in [1.54, 1.807) is 19.3 Å². The molecule has 0 bridgehead atoms. The van der Waals surface area contributed by atoms with Crippen molar-refractivity contribution >= 4 is 5.91 Å². The molecule has 0 radical (unpaired) electrons. The van der Waals surface area contributed by atoms with Crippen molar-refractivity contribution in [3.8, 4) is 0 Å². The van der Waals surface area contributed by atoms with Crippen molar-refractivity contribution in [1.29, 1.82) is 0 Å². The predicted octanol–water partition coefficient (Wildman–Crippen LogP) is 0.978. The molecule has 1 amide bonds. The second kappa shape index (κ2) is 3.84. The van der Waals surface area contributed by atoms with Crippen molar-refractivity contribution < 1.29 is 9.21 Å². The first-order valence-corrected chi connectivity index (χ1v) is 4.55. The molecule has 3 N–H and O–H groups in total. The number of nitrogens with one attached hydrogen (secondary N) is 1. The maximum absolute atomic E-state index is 11.4. The highest BCUT2D eigenvalue weighted by atomic mass is 16.3. The van der Waals surface area contributed by atoms with Crippen LogP contribution in [0.25, 0.3) is 0 Å². The second-order valence-electron chi connectivity index (χ2n) is 3.88. The predicted molar refractivity (Wildman–Crippen MR) is 53.5 cm³/mol. The molecule has 4 nitrogen and oxygen atoms in total. The van der Waals surface area contributed by atoms with Gasteiger partial charge in [0.1, 0.15) is 5.76 Å². The summed E-state index contributed by atoms with van der Waals surface area (Å²) in [5.41, 5.74) is 4.93. The molecule has 0 fully saturated rings. The van der Waals surface area contributed by atoms with Gasteiger partial charge in [-0.05, 0) is 32.9 Å². The molecule has 1 atom stereocenters. The van der Waals surface area contributed by atoms with Gasteiger partial charge in [-0.15, -0.1) is 0 Å². The highest BCUT2D eigenvalue weighted by molar-refractivity contribution is 5.81. The SMILES string of the molecule is CC(N)C(=O)NC(C)(C)c1ccco1. The van der Waals surface area contributed by atoms with Crippen LogP contribution in [0.5, 0.6) is 0 Å². The fraction of sp³-hybridized carbons (Fsp3) is 0.500. The summed E-state index contributed by atoms with van der Waals surface area (Å²) in [6.07, 6.45) is 1.58. The lowest BCUT2D eigenvalue weighted by atomic mass is 10.0. The van der Waals surface area contributed by atoms with Gasteiger partial charge in [0.15, 0.2) is 0 Å². The van der Waals surface area contributed by atoms with E-state index in [2.05, 4.69) is 5.32 Å². The Kier molecular flexibility index (Phi) is 2.96. The fourth-order valence-corrected chi connectivity index (χ4v) is 1.12. The molecule has 0 aliphatic heterocycles. The van der Waals surface area contributed by atoms with Crippen LogP contribution in [0.15, 0.2) is 22.8 Å². The average Bonchev–Trinajstić information content (AvgIpc) is 2.54. The molecule has 0 aliphatic carbocycles. The fourth-order valence-electron chi connectivity index (χ4n) is 1.12. The number of carbonyl (C=O) groups excluding carboxylic acids is 1. The lowest BCUT2D eigenvalue weighted by Crippen LogP contribution is -2.47. The minimum atomic E-state index is -0.520. The molecule has 1 heterocycles. The standard InChI is InChI=1S/C10H16N2O2/c1-7(11)9(13)12-10(2,3)8-5-4-6-14-8/h4-7H,11H2,1-3H3,(H,12,13). The van der Waals surface area contributed by atoms with Crippen molar-refractivity contribution in [1.82, 2.24) is 5.32 Å². The third-order valence-corrected chi connectivity index (χ3v) is 1.99. The number of nitrogens with two attached hydrogens (primary N) is 1.